The zero-order valence-electron chi connectivity index (χ0n) is 9.16. The molecule has 2 N–H and O–H groups in total. The van der Waals surface area contributed by atoms with Gasteiger partial charge in [-0.05, 0) is 40.5 Å². The van der Waals surface area contributed by atoms with E-state index in [4.69, 9.17) is 0 Å². The molecular weight excluding hydrogens is 274 g/mol. The summed E-state index contributed by atoms with van der Waals surface area (Å²) in [4.78, 5) is 11.1. The van der Waals surface area contributed by atoms with E-state index in [0.29, 0.717) is 11.0 Å². The average Bonchev–Trinajstić information content (AvgIpc) is 2.29. The van der Waals surface area contributed by atoms with E-state index >= 15 is 0 Å². The molecule has 0 aliphatic heterocycles. The second kappa shape index (κ2) is 5.86. The number of methoxy groups -OCH3 is 1. The highest BCUT2D eigenvalue weighted by atomic mass is 79.9. The first-order valence-corrected chi connectivity index (χ1v) is 5.62. The maximum Gasteiger partial charge on any atom is 0.322 e. The highest BCUT2D eigenvalue weighted by Crippen LogP contribution is 2.24. The highest BCUT2D eigenvalue weighted by molar-refractivity contribution is 9.10. The Bertz CT molecular complexity index is 381. The number of phenolic OH excluding ortho intramolecular Hbond substituents is 1. The van der Waals surface area contributed by atoms with Crippen molar-refractivity contribution in [3.8, 4) is 5.75 Å². The molecule has 0 heterocycles. The van der Waals surface area contributed by atoms with E-state index in [-0.39, 0.29) is 17.8 Å². The molecule has 0 spiro atoms. The first-order valence-electron chi connectivity index (χ1n) is 4.83. The van der Waals surface area contributed by atoms with Crippen molar-refractivity contribution in [1.29, 1.82) is 0 Å². The predicted octanol–water partition coefficient (Wildman–Crippen LogP) is 1.81. The molecule has 1 aromatic rings. The molecule has 0 fully saturated rings. The van der Waals surface area contributed by atoms with Crippen LogP contribution in [-0.2, 0) is 16.1 Å². The second-order valence-corrected chi connectivity index (χ2v) is 4.27. The lowest BCUT2D eigenvalue weighted by molar-refractivity contribution is -0.142. The van der Waals surface area contributed by atoms with Gasteiger partial charge in [0.05, 0.1) is 11.6 Å². The molecule has 1 rings (SSSR count). The number of hydrogen-bond donors (Lipinski definition) is 2. The molecule has 5 heteroatoms. The summed E-state index contributed by atoms with van der Waals surface area (Å²) >= 11 is 3.23. The van der Waals surface area contributed by atoms with Gasteiger partial charge in [-0.2, -0.15) is 0 Å². The van der Waals surface area contributed by atoms with Gasteiger partial charge < -0.3 is 15.2 Å². The molecule has 0 aliphatic carbocycles. The van der Waals surface area contributed by atoms with E-state index in [1.165, 1.54) is 7.11 Å². The van der Waals surface area contributed by atoms with Crippen molar-refractivity contribution >= 4 is 21.9 Å². The number of aromatic hydroxyl groups is 1. The quantitative estimate of drug-likeness (QED) is 0.830. The third-order valence-electron chi connectivity index (χ3n) is 2.18. The summed E-state index contributed by atoms with van der Waals surface area (Å²) in [5.41, 5.74) is 0.973. The monoisotopic (exact) mass is 287 g/mol. The van der Waals surface area contributed by atoms with E-state index in [9.17, 15) is 9.90 Å². The summed E-state index contributed by atoms with van der Waals surface area (Å²) in [7, 11) is 1.36. The molecule has 0 aliphatic rings. The zero-order chi connectivity index (χ0) is 12.1. The number of nitrogens with one attached hydrogen (secondary N) is 1. The van der Waals surface area contributed by atoms with E-state index < -0.39 is 0 Å². The molecule has 1 aromatic carbocycles. The van der Waals surface area contributed by atoms with E-state index in [2.05, 4.69) is 26.0 Å². The molecule has 0 saturated heterocycles. The van der Waals surface area contributed by atoms with Crippen molar-refractivity contribution in [3.63, 3.8) is 0 Å². The van der Waals surface area contributed by atoms with Gasteiger partial charge in [0, 0.05) is 6.54 Å². The smallest absolute Gasteiger partial charge is 0.322 e. The minimum atomic E-state index is -0.349. The first kappa shape index (κ1) is 13.0. The Balaban J connectivity index is 2.55. The molecular formula is C11H14BrNO3. The van der Waals surface area contributed by atoms with Crippen LogP contribution in [-0.4, -0.2) is 24.2 Å². The lowest BCUT2D eigenvalue weighted by Crippen LogP contribution is -2.34. The van der Waals surface area contributed by atoms with Crippen LogP contribution in [0.5, 0.6) is 5.75 Å². The van der Waals surface area contributed by atoms with Gasteiger partial charge in [0.2, 0.25) is 0 Å². The Morgan fingerprint density at radius 1 is 1.62 bits per heavy atom. The number of halogens is 1. The molecule has 0 aromatic heterocycles. The van der Waals surface area contributed by atoms with Crippen molar-refractivity contribution in [3.05, 3.63) is 28.2 Å². The zero-order valence-corrected chi connectivity index (χ0v) is 10.7. The van der Waals surface area contributed by atoms with Crippen LogP contribution in [0, 0.1) is 0 Å². The van der Waals surface area contributed by atoms with Crippen molar-refractivity contribution in [2.45, 2.75) is 19.5 Å². The van der Waals surface area contributed by atoms with Gasteiger partial charge in [0.25, 0.3) is 0 Å². The SMILES string of the molecule is COC(=O)C(C)NCc1ccc(O)c(Br)c1. The minimum Gasteiger partial charge on any atom is -0.507 e. The lowest BCUT2D eigenvalue weighted by Gasteiger charge is -2.11. The molecule has 16 heavy (non-hydrogen) atoms. The maximum atomic E-state index is 11.1. The average molecular weight is 288 g/mol. The molecule has 0 amide bonds. The number of carbonyl (C=O) groups is 1. The van der Waals surface area contributed by atoms with Gasteiger partial charge in [-0.3, -0.25) is 4.79 Å². The van der Waals surface area contributed by atoms with Crippen LogP contribution >= 0.6 is 15.9 Å². The molecule has 88 valence electrons. The number of rotatable bonds is 4. The topological polar surface area (TPSA) is 58.6 Å². The number of phenols is 1. The van der Waals surface area contributed by atoms with Crippen LogP contribution in [0.4, 0.5) is 0 Å². The fourth-order valence-electron chi connectivity index (χ4n) is 1.19. The molecule has 4 nitrogen and oxygen atoms in total. The Kier molecular flexibility index (Phi) is 4.76. The highest BCUT2D eigenvalue weighted by Gasteiger charge is 2.11. The summed E-state index contributed by atoms with van der Waals surface area (Å²) in [6, 6.07) is 4.84. The van der Waals surface area contributed by atoms with Gasteiger partial charge in [-0.15, -0.1) is 0 Å². The lowest BCUT2D eigenvalue weighted by atomic mass is 10.2. The number of hydrogen-bond acceptors (Lipinski definition) is 4. The Labute approximate surface area is 103 Å². The van der Waals surface area contributed by atoms with Gasteiger partial charge in [-0.25, -0.2) is 0 Å². The van der Waals surface area contributed by atoms with E-state index in [1.807, 2.05) is 0 Å². The van der Waals surface area contributed by atoms with Gasteiger partial charge >= 0.3 is 5.97 Å². The summed E-state index contributed by atoms with van der Waals surface area (Å²) in [5, 5.41) is 12.3. The molecule has 0 bridgehead atoms. The minimum absolute atomic E-state index is 0.199. The van der Waals surface area contributed by atoms with Crippen LogP contribution in [0.1, 0.15) is 12.5 Å². The molecule has 1 atom stereocenters. The molecule has 1 unspecified atom stereocenters. The largest absolute Gasteiger partial charge is 0.507 e. The van der Waals surface area contributed by atoms with Crippen LogP contribution in [0.15, 0.2) is 22.7 Å². The van der Waals surface area contributed by atoms with Crippen molar-refractivity contribution in [2.75, 3.05) is 7.11 Å². The number of ether oxygens (including phenoxy) is 1. The van der Waals surface area contributed by atoms with Gasteiger partial charge in [0.15, 0.2) is 0 Å². The summed E-state index contributed by atoms with van der Waals surface area (Å²) in [5.74, 6) is -0.0948. The standard InChI is InChI=1S/C11H14BrNO3/c1-7(11(15)16-2)13-6-8-3-4-10(14)9(12)5-8/h3-5,7,13-14H,6H2,1-2H3. The number of benzene rings is 1. The maximum absolute atomic E-state index is 11.1. The van der Waals surface area contributed by atoms with Crippen LogP contribution in [0.2, 0.25) is 0 Å². The number of esters is 1. The molecule has 0 radical (unpaired) electrons. The Hall–Kier alpha value is -1.07. The van der Waals surface area contributed by atoms with Crippen molar-refractivity contribution < 1.29 is 14.6 Å². The van der Waals surface area contributed by atoms with Crippen molar-refractivity contribution in [2.24, 2.45) is 0 Å². The van der Waals surface area contributed by atoms with Crippen LogP contribution in [0.25, 0.3) is 0 Å². The first-order chi connectivity index (χ1) is 7.54. The normalized spacial score (nSPS) is 12.2. The summed E-state index contributed by atoms with van der Waals surface area (Å²) in [6.45, 7) is 2.27. The number of carbonyl (C=O) groups excluding carboxylic acids is 1. The predicted molar refractivity (Wildman–Crippen MR) is 64.1 cm³/mol. The fraction of sp³-hybridized carbons (Fsp3) is 0.364. The second-order valence-electron chi connectivity index (χ2n) is 3.41. The van der Waals surface area contributed by atoms with Crippen LogP contribution < -0.4 is 5.32 Å². The molecule has 0 saturated carbocycles. The van der Waals surface area contributed by atoms with Gasteiger partial charge in [-0.1, -0.05) is 6.07 Å². The fourth-order valence-corrected chi connectivity index (χ4v) is 1.62. The Morgan fingerprint density at radius 2 is 2.31 bits per heavy atom. The summed E-state index contributed by atoms with van der Waals surface area (Å²) in [6.07, 6.45) is 0. The van der Waals surface area contributed by atoms with E-state index in [0.717, 1.165) is 5.56 Å². The van der Waals surface area contributed by atoms with Crippen LogP contribution in [0.3, 0.4) is 0 Å². The van der Waals surface area contributed by atoms with Gasteiger partial charge in [0.1, 0.15) is 11.8 Å². The Morgan fingerprint density at radius 3 is 2.88 bits per heavy atom. The van der Waals surface area contributed by atoms with E-state index in [1.54, 1.807) is 25.1 Å². The summed E-state index contributed by atoms with van der Waals surface area (Å²) < 4.78 is 5.23. The third kappa shape index (κ3) is 3.50. The van der Waals surface area contributed by atoms with Crippen molar-refractivity contribution in [1.82, 2.24) is 5.32 Å². The third-order valence-corrected chi connectivity index (χ3v) is 2.81.